The molecule has 8 heterocycles. The van der Waals surface area contributed by atoms with Crippen LogP contribution in [0.4, 0.5) is 5.82 Å². The Bertz CT molecular complexity index is 2070. The zero-order valence-electron chi connectivity index (χ0n) is 29.7. The fraction of sp³-hybridized carbons (Fsp3) is 0.417. The predicted molar refractivity (Wildman–Crippen MR) is 214 cm³/mol. The van der Waals surface area contributed by atoms with Gasteiger partial charge < -0.3 is 21.7 Å². The van der Waals surface area contributed by atoms with Crippen molar-refractivity contribution in [1.82, 2.24) is 60.1 Å². The van der Waals surface area contributed by atoms with Gasteiger partial charge in [0.05, 0.1) is 45.5 Å². The Morgan fingerprint density at radius 1 is 1.00 bits per heavy atom. The number of pyridine rings is 1. The fourth-order valence-corrected chi connectivity index (χ4v) is 8.08. The number of amidine groups is 1. The molecule has 2 saturated heterocycles. The van der Waals surface area contributed by atoms with E-state index in [4.69, 9.17) is 16.1 Å². The minimum atomic E-state index is 0.363. The molecule has 53 heavy (non-hydrogen) atoms. The quantitative estimate of drug-likeness (QED) is 0.130. The van der Waals surface area contributed by atoms with Crippen LogP contribution in [0.1, 0.15) is 55.5 Å². The average Bonchev–Trinajstić information content (AvgIpc) is 3.97. The van der Waals surface area contributed by atoms with Crippen LogP contribution in [0.3, 0.4) is 0 Å². The van der Waals surface area contributed by atoms with Gasteiger partial charge in [-0.25, -0.2) is 9.99 Å². The lowest BCUT2D eigenvalue weighted by Crippen LogP contribution is -2.45. The number of fused-ring (bicyclic) bond motifs is 1. The van der Waals surface area contributed by atoms with Gasteiger partial charge in [-0.3, -0.25) is 19.8 Å². The molecule has 0 spiro atoms. The minimum Gasteiger partial charge on any atom is -0.383 e. The molecule has 2 unspecified atom stereocenters. The average molecular weight is 848 g/mol. The summed E-state index contributed by atoms with van der Waals surface area (Å²) in [5.41, 5.74) is 13.2. The molecule has 3 aliphatic rings. The van der Waals surface area contributed by atoms with Gasteiger partial charge in [0.2, 0.25) is 0 Å². The van der Waals surface area contributed by atoms with E-state index in [9.17, 15) is 0 Å². The number of rotatable bonds is 9. The molecule has 5 aromatic heterocycles. The molecular formula is C36H45Br2N15. The van der Waals surface area contributed by atoms with E-state index in [1.807, 2.05) is 64.8 Å². The van der Waals surface area contributed by atoms with E-state index in [1.54, 1.807) is 15.7 Å². The Hall–Kier alpha value is -4.45. The first-order chi connectivity index (χ1) is 25.9. The number of hydrazone groups is 1. The Balaban J connectivity index is 0.000000167. The van der Waals surface area contributed by atoms with Gasteiger partial charge in [-0.1, -0.05) is 6.07 Å². The van der Waals surface area contributed by atoms with Crippen molar-refractivity contribution in [3.8, 4) is 11.1 Å². The van der Waals surface area contributed by atoms with Crippen molar-refractivity contribution in [2.24, 2.45) is 11.0 Å². The van der Waals surface area contributed by atoms with Crippen molar-refractivity contribution in [3.63, 3.8) is 0 Å². The summed E-state index contributed by atoms with van der Waals surface area (Å²) in [4.78, 5) is 9.25. The highest BCUT2D eigenvalue weighted by Gasteiger charge is 2.28. The SMILES string of the molecule is CCn1cc(-c2cnn3c(N)c(Br)c(C4CCCNC4)nc23)cn1.N=C1C(Br)=C(C2CCCNC2)NCN1/N=C\Cc1cnn(Cc2ccccn2)c1. The zero-order valence-corrected chi connectivity index (χ0v) is 32.9. The van der Waals surface area contributed by atoms with Crippen molar-refractivity contribution in [3.05, 3.63) is 87.0 Å². The number of aromatic nitrogens is 8. The first-order valence-corrected chi connectivity index (χ1v) is 19.7. The molecule has 278 valence electrons. The van der Waals surface area contributed by atoms with Crippen LogP contribution < -0.4 is 21.7 Å². The summed E-state index contributed by atoms with van der Waals surface area (Å²) in [6.45, 7) is 8.08. The number of nitrogen functional groups attached to an aromatic ring is 1. The largest absolute Gasteiger partial charge is 0.383 e. The maximum atomic E-state index is 8.44. The van der Waals surface area contributed by atoms with Crippen molar-refractivity contribution in [1.29, 1.82) is 5.41 Å². The number of aryl methyl sites for hydroxylation is 1. The van der Waals surface area contributed by atoms with Crippen LogP contribution >= 0.6 is 31.9 Å². The first kappa shape index (κ1) is 36.9. The third-order valence-corrected chi connectivity index (χ3v) is 11.3. The summed E-state index contributed by atoms with van der Waals surface area (Å²) >= 11 is 7.22. The van der Waals surface area contributed by atoms with Gasteiger partial charge in [0.1, 0.15) is 12.5 Å². The van der Waals surface area contributed by atoms with Crippen molar-refractivity contribution >= 4 is 55.4 Å². The third-order valence-electron chi connectivity index (χ3n) is 9.71. The highest BCUT2D eigenvalue weighted by molar-refractivity contribution is 9.12. The number of nitrogens with one attached hydrogen (secondary N) is 4. The number of halogens is 2. The summed E-state index contributed by atoms with van der Waals surface area (Å²) in [6.07, 6.45) is 18.4. The Morgan fingerprint density at radius 3 is 2.51 bits per heavy atom. The molecule has 0 bridgehead atoms. The molecule has 6 N–H and O–H groups in total. The normalized spacial score (nSPS) is 19.5. The van der Waals surface area contributed by atoms with Crippen molar-refractivity contribution in [2.75, 3.05) is 38.6 Å². The van der Waals surface area contributed by atoms with E-state index in [0.29, 0.717) is 43.1 Å². The summed E-state index contributed by atoms with van der Waals surface area (Å²) < 4.78 is 7.12. The minimum absolute atomic E-state index is 0.363. The smallest absolute Gasteiger partial charge is 0.165 e. The molecule has 17 heteroatoms. The molecule has 2 fully saturated rings. The van der Waals surface area contributed by atoms with Crippen LogP contribution in [0.25, 0.3) is 16.8 Å². The third kappa shape index (κ3) is 8.53. The standard InChI is InChI=1S/C20H25BrN8.C16H20BrN7/c21-18-19(16-4-3-7-23-11-16)25-14-29(20(18)22)26-9-6-15-10-27-28(12-15)13-17-5-1-2-8-24-17;1-2-23-9-11(7-20-23)12-8-21-24-15(18)13(17)14(22-16(12)24)10-4-3-5-19-6-10/h1-2,5,8-10,12,16,22-23,25H,3-4,6-7,11,13-14H2;7-10,19H,2-6,18H2,1H3/b22-20?,26-9-;. The highest BCUT2D eigenvalue weighted by atomic mass is 79.9. The summed E-state index contributed by atoms with van der Waals surface area (Å²) in [5, 5.41) is 38.1. The topological polar surface area (TPSA) is 180 Å². The van der Waals surface area contributed by atoms with Gasteiger partial charge in [-0.2, -0.15) is 24.9 Å². The molecule has 0 aromatic carbocycles. The first-order valence-electron chi connectivity index (χ1n) is 18.1. The van der Waals surface area contributed by atoms with Gasteiger partial charge in [-0.15, -0.1) is 0 Å². The number of piperidine rings is 2. The number of nitrogens with zero attached hydrogens (tertiary/aromatic N) is 10. The van der Waals surface area contributed by atoms with Gasteiger partial charge in [-0.05, 0) is 95.3 Å². The maximum absolute atomic E-state index is 8.44. The van der Waals surface area contributed by atoms with E-state index in [1.165, 1.54) is 6.42 Å². The molecule has 3 aliphatic heterocycles. The molecule has 8 rings (SSSR count). The monoisotopic (exact) mass is 845 g/mol. The number of hydrogen-bond donors (Lipinski definition) is 5. The second-order valence-electron chi connectivity index (χ2n) is 13.3. The van der Waals surface area contributed by atoms with Crippen LogP contribution in [0.2, 0.25) is 0 Å². The van der Waals surface area contributed by atoms with Crippen LogP contribution in [-0.4, -0.2) is 89.0 Å². The highest BCUT2D eigenvalue weighted by Crippen LogP contribution is 2.35. The molecule has 0 amide bonds. The summed E-state index contributed by atoms with van der Waals surface area (Å²) in [5.74, 6) is 1.78. The molecule has 0 radical (unpaired) electrons. The molecule has 0 aliphatic carbocycles. The second-order valence-corrected chi connectivity index (χ2v) is 14.9. The summed E-state index contributed by atoms with van der Waals surface area (Å²) in [6, 6.07) is 5.87. The zero-order chi connectivity index (χ0) is 36.7. The van der Waals surface area contributed by atoms with E-state index in [2.05, 4.69) is 80.1 Å². The molecule has 5 aromatic rings. The predicted octanol–water partition coefficient (Wildman–Crippen LogP) is 4.73. The van der Waals surface area contributed by atoms with Gasteiger partial charge >= 0.3 is 0 Å². The van der Waals surface area contributed by atoms with Crippen molar-refractivity contribution in [2.45, 2.75) is 58.0 Å². The van der Waals surface area contributed by atoms with Gasteiger partial charge in [0.25, 0.3) is 0 Å². The molecule has 0 saturated carbocycles. The van der Waals surface area contributed by atoms with Crippen LogP contribution in [0, 0.1) is 11.3 Å². The van der Waals surface area contributed by atoms with E-state index in [0.717, 1.165) is 100 Å². The van der Waals surface area contributed by atoms with E-state index < -0.39 is 0 Å². The molecule has 2 atom stereocenters. The lowest BCUT2D eigenvalue weighted by molar-refractivity contribution is 0.356. The number of nitrogens with two attached hydrogens (primary N) is 1. The van der Waals surface area contributed by atoms with E-state index in [-0.39, 0.29) is 0 Å². The maximum Gasteiger partial charge on any atom is 0.165 e. The lowest BCUT2D eigenvalue weighted by Gasteiger charge is -2.33. The number of anilines is 1. The second kappa shape index (κ2) is 17.1. The Kier molecular flexibility index (Phi) is 11.9. The molecule has 15 nitrogen and oxygen atoms in total. The van der Waals surface area contributed by atoms with Gasteiger partial charge in [0.15, 0.2) is 11.5 Å². The molecular weight excluding hydrogens is 802 g/mol. The summed E-state index contributed by atoms with van der Waals surface area (Å²) in [7, 11) is 0. The van der Waals surface area contributed by atoms with E-state index >= 15 is 0 Å². The number of hydrogen-bond acceptors (Lipinski definition) is 11. The van der Waals surface area contributed by atoms with Crippen LogP contribution in [-0.2, 0) is 19.5 Å². The lowest BCUT2D eigenvalue weighted by atomic mass is 9.95. The fourth-order valence-electron chi connectivity index (χ4n) is 6.83. The Labute approximate surface area is 325 Å². The van der Waals surface area contributed by atoms with Crippen molar-refractivity contribution < 1.29 is 0 Å². The van der Waals surface area contributed by atoms with Gasteiger partial charge in [0, 0.05) is 79.5 Å². The van der Waals surface area contributed by atoms with Crippen LogP contribution in [0.5, 0.6) is 0 Å². The van der Waals surface area contributed by atoms with Crippen LogP contribution in [0.15, 0.2) is 75.1 Å². The Morgan fingerprint density at radius 2 is 1.79 bits per heavy atom.